The van der Waals surface area contributed by atoms with Crippen LogP contribution in [0.4, 0.5) is 0 Å². The van der Waals surface area contributed by atoms with E-state index in [0.717, 1.165) is 83.5 Å². The van der Waals surface area contributed by atoms with Crippen LogP contribution in [-0.2, 0) is 32.7 Å². The van der Waals surface area contributed by atoms with Crippen molar-refractivity contribution in [1.82, 2.24) is 0 Å². The van der Waals surface area contributed by atoms with Crippen molar-refractivity contribution in [3.63, 3.8) is 0 Å². The van der Waals surface area contributed by atoms with E-state index in [9.17, 15) is 19.0 Å². The Labute approximate surface area is 595 Å². The number of carbonyl (C=O) groups is 2. The molecule has 2 unspecified atom stereocenters. The summed E-state index contributed by atoms with van der Waals surface area (Å²) in [6.45, 7) is 3.69. The molecule has 3 N–H and O–H groups in total. The maximum Gasteiger partial charge on any atom is 0.472 e. The smallest absolute Gasteiger partial charge is 0.462 e. The van der Waals surface area contributed by atoms with Crippen LogP contribution in [0.1, 0.15) is 418 Å². The number of ether oxygens (including phenoxy) is 2. The van der Waals surface area contributed by atoms with Crippen LogP contribution in [-0.4, -0.2) is 49.3 Å². The van der Waals surface area contributed by atoms with Gasteiger partial charge in [0.15, 0.2) is 6.10 Å². The van der Waals surface area contributed by atoms with Gasteiger partial charge in [-0.05, 0) is 70.6 Å². The Morgan fingerprint density at radius 3 is 0.854 bits per heavy atom. The highest BCUT2D eigenvalue weighted by atomic mass is 31.2. The second-order valence-electron chi connectivity index (χ2n) is 28.0. The Morgan fingerprint density at radius 2 is 0.573 bits per heavy atom. The molecule has 0 rings (SSSR count). The normalized spacial score (nSPS) is 13.2. The van der Waals surface area contributed by atoms with Crippen molar-refractivity contribution in [1.29, 1.82) is 0 Å². The maximum absolute atomic E-state index is 12.8. The lowest BCUT2D eigenvalue weighted by Gasteiger charge is -2.19. The predicted molar refractivity (Wildman–Crippen MR) is 418 cm³/mol. The van der Waals surface area contributed by atoms with Crippen LogP contribution < -0.4 is 5.73 Å². The average molecular weight is 1370 g/mol. The van der Waals surface area contributed by atoms with Gasteiger partial charge in [-0.25, -0.2) is 4.57 Å². The zero-order valence-electron chi connectivity index (χ0n) is 63.4. The highest BCUT2D eigenvalue weighted by Crippen LogP contribution is 2.43. The molecule has 2 atom stereocenters. The minimum atomic E-state index is -4.40. The van der Waals surface area contributed by atoms with Crippen LogP contribution in [0.5, 0.6) is 0 Å². The van der Waals surface area contributed by atoms with E-state index >= 15 is 0 Å². The van der Waals surface area contributed by atoms with Crippen molar-refractivity contribution in [2.24, 2.45) is 5.73 Å². The Kier molecular flexibility index (Phi) is 78.8. The second kappa shape index (κ2) is 81.2. The molecule has 0 aliphatic rings. The van der Waals surface area contributed by atoms with Crippen LogP contribution in [0.3, 0.4) is 0 Å². The topological polar surface area (TPSA) is 134 Å². The van der Waals surface area contributed by atoms with Gasteiger partial charge in [0.05, 0.1) is 13.2 Å². The average Bonchev–Trinajstić information content (AvgIpc) is 3.50. The van der Waals surface area contributed by atoms with Crippen LogP contribution >= 0.6 is 7.82 Å². The summed E-state index contributed by atoms with van der Waals surface area (Å²) in [5.41, 5.74) is 5.42. The number of esters is 2. The van der Waals surface area contributed by atoms with Crippen LogP contribution in [0.2, 0.25) is 0 Å². The molecule has 9 nitrogen and oxygen atoms in total. The van der Waals surface area contributed by atoms with Crippen molar-refractivity contribution >= 4 is 19.8 Å². The van der Waals surface area contributed by atoms with E-state index in [-0.39, 0.29) is 38.6 Å². The molecule has 0 saturated carbocycles. The third-order valence-electron chi connectivity index (χ3n) is 18.5. The third-order valence-corrected chi connectivity index (χ3v) is 19.5. The first-order valence-corrected chi connectivity index (χ1v) is 43.1. The number of phosphoric acid groups is 1. The molecule has 0 radical (unpaired) electrons. The van der Waals surface area contributed by atoms with Gasteiger partial charge < -0.3 is 20.1 Å². The number of nitrogens with two attached hydrogens (primary N) is 1. The van der Waals surface area contributed by atoms with E-state index in [1.54, 1.807) is 0 Å². The number of allylic oxidation sites excluding steroid dienone is 14. The molecular formula is C86H158NO8P. The number of rotatable bonds is 79. The van der Waals surface area contributed by atoms with E-state index in [4.69, 9.17) is 24.3 Å². The van der Waals surface area contributed by atoms with Gasteiger partial charge in [-0.2, -0.15) is 0 Å². The van der Waals surface area contributed by atoms with Gasteiger partial charge in [0.25, 0.3) is 0 Å². The fourth-order valence-electron chi connectivity index (χ4n) is 12.4. The van der Waals surface area contributed by atoms with Gasteiger partial charge in [0.1, 0.15) is 6.61 Å². The molecule has 0 amide bonds. The summed E-state index contributed by atoms with van der Waals surface area (Å²) in [5, 5.41) is 0. The van der Waals surface area contributed by atoms with Crippen LogP contribution in [0.25, 0.3) is 0 Å². The quantitative estimate of drug-likeness (QED) is 0.0264. The molecular weight excluding hydrogens is 1210 g/mol. The van der Waals surface area contributed by atoms with Crippen molar-refractivity contribution < 1.29 is 37.6 Å². The minimum Gasteiger partial charge on any atom is -0.462 e. The Balaban J connectivity index is 3.76. The molecule has 0 saturated heterocycles. The molecule has 96 heavy (non-hydrogen) atoms. The Hall–Kier alpha value is -2.81. The molecule has 0 fully saturated rings. The van der Waals surface area contributed by atoms with Gasteiger partial charge in [0, 0.05) is 19.4 Å². The SMILES string of the molecule is CC/C=C\C/C=C\C/C=C\C/C=C\C/C=C\C/C=C\C/C=C\CCCCCCCCCCCCCCCC(=O)OC(COC(=O)CCCCCCCCCCCCCCCCCCCCCCCCCCCCCCCCCCCCCCCCCC)COP(=O)(O)OCCN. The van der Waals surface area contributed by atoms with Crippen LogP contribution in [0.15, 0.2) is 85.1 Å². The molecule has 0 aromatic rings. The summed E-state index contributed by atoms with van der Waals surface area (Å²) >= 11 is 0. The number of phosphoric ester groups is 1. The standard InChI is InChI=1S/C86H158NO8P/c1-3-5-7-9-11-13-15-17-19-21-23-25-27-29-31-33-35-37-39-40-41-42-43-45-46-48-50-52-54-56-58-60-62-64-66-68-70-72-74-76-78-85(88)92-82-84(83-94-96(90,91)93-81-80-87)95-86(89)79-77-75-73-71-69-67-65-63-61-59-57-55-53-51-49-47-44-38-36-34-32-30-28-26-24-22-20-18-16-14-12-10-8-6-4-2/h6,8,12,14,18,20,24,26,30,32,36,38,47,49,84H,3-5,7,9-11,13,15-17,19,21-23,25,27-29,31,33-35,37,39-46,48,50-83,87H2,1-2H3,(H,90,91)/b8-6-,14-12-,20-18-,26-24-,32-30-,38-36-,49-47-. The van der Waals surface area contributed by atoms with E-state index in [1.807, 2.05) is 0 Å². The summed E-state index contributed by atoms with van der Waals surface area (Å²) in [6.07, 6.45) is 110. The van der Waals surface area contributed by atoms with Crippen molar-refractivity contribution in [2.75, 3.05) is 26.4 Å². The largest absolute Gasteiger partial charge is 0.472 e. The fraction of sp³-hybridized carbons (Fsp3) is 0.814. The van der Waals surface area contributed by atoms with Gasteiger partial charge in [-0.15, -0.1) is 0 Å². The van der Waals surface area contributed by atoms with Crippen molar-refractivity contribution in [2.45, 2.75) is 424 Å². The summed E-state index contributed by atoms with van der Waals surface area (Å²) in [5.74, 6) is -0.812. The zero-order valence-corrected chi connectivity index (χ0v) is 64.3. The molecule has 0 aliphatic carbocycles. The molecule has 0 aromatic heterocycles. The third kappa shape index (κ3) is 80.2. The predicted octanol–water partition coefficient (Wildman–Crippen LogP) is 28.0. The molecule has 0 spiro atoms. The summed E-state index contributed by atoms with van der Waals surface area (Å²) < 4.78 is 33.3. The lowest BCUT2D eigenvalue weighted by molar-refractivity contribution is -0.161. The molecule has 0 bridgehead atoms. The van der Waals surface area contributed by atoms with E-state index in [1.165, 1.54) is 302 Å². The first kappa shape index (κ1) is 93.2. The summed E-state index contributed by atoms with van der Waals surface area (Å²) in [6, 6.07) is 0. The second-order valence-corrected chi connectivity index (χ2v) is 29.4. The van der Waals surface area contributed by atoms with Gasteiger partial charge in [0.2, 0.25) is 0 Å². The number of hydrogen-bond acceptors (Lipinski definition) is 8. The highest BCUT2D eigenvalue weighted by Gasteiger charge is 2.26. The Bertz CT molecular complexity index is 1860. The lowest BCUT2D eigenvalue weighted by atomic mass is 10.0. The number of hydrogen-bond donors (Lipinski definition) is 2. The summed E-state index contributed by atoms with van der Waals surface area (Å²) in [7, 11) is -4.40. The fourth-order valence-corrected chi connectivity index (χ4v) is 13.2. The zero-order chi connectivity index (χ0) is 69.3. The van der Waals surface area contributed by atoms with E-state index in [0.29, 0.717) is 6.42 Å². The monoisotopic (exact) mass is 1360 g/mol. The van der Waals surface area contributed by atoms with E-state index < -0.39 is 26.5 Å². The molecule has 0 aromatic carbocycles. The molecule has 560 valence electrons. The first-order valence-electron chi connectivity index (χ1n) is 41.6. The molecule has 10 heteroatoms. The van der Waals surface area contributed by atoms with E-state index in [2.05, 4.69) is 98.9 Å². The number of carbonyl (C=O) groups excluding carboxylic acids is 2. The molecule has 0 aliphatic heterocycles. The summed E-state index contributed by atoms with van der Waals surface area (Å²) in [4.78, 5) is 35.5. The Morgan fingerprint density at radius 1 is 0.323 bits per heavy atom. The highest BCUT2D eigenvalue weighted by molar-refractivity contribution is 7.47. The first-order chi connectivity index (χ1) is 47.3. The van der Waals surface area contributed by atoms with Gasteiger partial charge in [-0.3, -0.25) is 18.6 Å². The van der Waals surface area contributed by atoms with Gasteiger partial charge >= 0.3 is 19.8 Å². The van der Waals surface area contributed by atoms with Crippen molar-refractivity contribution in [3.05, 3.63) is 85.1 Å². The molecule has 0 heterocycles. The van der Waals surface area contributed by atoms with Gasteiger partial charge in [-0.1, -0.05) is 420 Å². The number of unbranched alkanes of at least 4 members (excludes halogenated alkanes) is 52. The van der Waals surface area contributed by atoms with Crippen LogP contribution in [0, 0.1) is 0 Å². The maximum atomic E-state index is 12.8. The lowest BCUT2D eigenvalue weighted by Crippen LogP contribution is -2.29. The minimum absolute atomic E-state index is 0.0526. The van der Waals surface area contributed by atoms with Crippen molar-refractivity contribution in [3.8, 4) is 0 Å².